The maximum absolute atomic E-state index is 3.88. The van der Waals surface area contributed by atoms with Crippen LogP contribution in [0.15, 0.2) is 17.6 Å². The Bertz CT molecular complexity index is 232. The van der Waals surface area contributed by atoms with E-state index in [4.69, 9.17) is 0 Å². The SMILES string of the molecule is [c]1cc2sccn2n1. The van der Waals surface area contributed by atoms with Crippen molar-refractivity contribution in [1.29, 1.82) is 0 Å². The minimum Gasteiger partial charge on any atom is -0.229 e. The molecule has 0 aromatic carbocycles. The Labute approximate surface area is 50.4 Å². The second kappa shape index (κ2) is 1.32. The summed E-state index contributed by atoms with van der Waals surface area (Å²) >= 11 is 1.66. The van der Waals surface area contributed by atoms with Crippen LogP contribution in [0.3, 0.4) is 0 Å². The molecule has 8 heavy (non-hydrogen) atoms. The molecule has 0 N–H and O–H groups in total. The van der Waals surface area contributed by atoms with E-state index in [0.717, 1.165) is 4.83 Å². The molecule has 0 saturated carbocycles. The Balaban J connectivity index is 3.06. The number of hydrogen-bond acceptors (Lipinski definition) is 2. The maximum atomic E-state index is 3.88. The number of hydrogen-bond donors (Lipinski definition) is 0. The van der Waals surface area contributed by atoms with E-state index in [-0.39, 0.29) is 0 Å². The summed E-state index contributed by atoms with van der Waals surface area (Å²) in [5.74, 6) is 0. The predicted molar refractivity (Wildman–Crippen MR) is 31.9 cm³/mol. The summed E-state index contributed by atoms with van der Waals surface area (Å²) < 4.78 is 1.80. The van der Waals surface area contributed by atoms with Crippen molar-refractivity contribution in [3.05, 3.63) is 23.8 Å². The third kappa shape index (κ3) is 0.391. The minimum absolute atomic E-state index is 1.14. The van der Waals surface area contributed by atoms with Crippen LogP contribution < -0.4 is 0 Å². The minimum atomic E-state index is 1.14. The first-order chi connectivity index (χ1) is 3.97. The van der Waals surface area contributed by atoms with E-state index >= 15 is 0 Å². The topological polar surface area (TPSA) is 17.3 Å². The van der Waals surface area contributed by atoms with Gasteiger partial charge in [-0.3, -0.25) is 0 Å². The molecule has 2 nitrogen and oxygen atoms in total. The Morgan fingerprint density at radius 1 is 1.75 bits per heavy atom. The zero-order valence-electron chi connectivity index (χ0n) is 4.03. The molecule has 39 valence electrons. The van der Waals surface area contributed by atoms with Gasteiger partial charge in [0, 0.05) is 17.6 Å². The van der Waals surface area contributed by atoms with Crippen molar-refractivity contribution in [2.75, 3.05) is 0 Å². The summed E-state index contributed by atoms with van der Waals surface area (Å²) in [7, 11) is 0. The van der Waals surface area contributed by atoms with Gasteiger partial charge in [0.1, 0.15) is 11.0 Å². The van der Waals surface area contributed by atoms with Crippen LogP contribution in [0, 0.1) is 6.20 Å². The Morgan fingerprint density at radius 3 is 3.62 bits per heavy atom. The molecule has 0 spiro atoms. The van der Waals surface area contributed by atoms with Crippen LogP contribution in [-0.2, 0) is 0 Å². The highest BCUT2D eigenvalue weighted by atomic mass is 32.1. The van der Waals surface area contributed by atoms with Crippen LogP contribution in [0.4, 0.5) is 0 Å². The molecule has 2 aromatic rings. The molecule has 0 amide bonds. The normalized spacial score (nSPS) is 10.5. The molecule has 2 aromatic heterocycles. The van der Waals surface area contributed by atoms with Crippen LogP contribution >= 0.6 is 11.3 Å². The van der Waals surface area contributed by atoms with Gasteiger partial charge in [0.2, 0.25) is 0 Å². The van der Waals surface area contributed by atoms with E-state index in [1.165, 1.54) is 0 Å². The van der Waals surface area contributed by atoms with Crippen molar-refractivity contribution in [2.45, 2.75) is 0 Å². The van der Waals surface area contributed by atoms with E-state index < -0.39 is 0 Å². The average molecular weight is 123 g/mol. The molecule has 3 heteroatoms. The highest BCUT2D eigenvalue weighted by molar-refractivity contribution is 7.15. The van der Waals surface area contributed by atoms with Gasteiger partial charge < -0.3 is 0 Å². The lowest BCUT2D eigenvalue weighted by molar-refractivity contribution is 0.973. The fraction of sp³-hybridized carbons (Fsp3) is 0. The van der Waals surface area contributed by atoms with Gasteiger partial charge in [-0.15, -0.1) is 11.3 Å². The molecule has 0 unspecified atom stereocenters. The molecule has 1 radical (unpaired) electrons. The molecular weight excluding hydrogens is 120 g/mol. The first kappa shape index (κ1) is 4.09. The van der Waals surface area contributed by atoms with Crippen molar-refractivity contribution in [1.82, 2.24) is 9.61 Å². The van der Waals surface area contributed by atoms with E-state index in [2.05, 4.69) is 11.3 Å². The molecule has 2 heterocycles. The summed E-state index contributed by atoms with van der Waals surface area (Å²) in [4.78, 5) is 1.14. The first-order valence-electron chi connectivity index (χ1n) is 2.26. The molecule has 0 saturated heterocycles. The Hall–Kier alpha value is -0.830. The summed E-state index contributed by atoms with van der Waals surface area (Å²) in [5.41, 5.74) is 0. The molecule has 2 rings (SSSR count). The summed E-state index contributed by atoms with van der Waals surface area (Å²) in [6.07, 6.45) is 4.65. The highest BCUT2D eigenvalue weighted by Crippen LogP contribution is 2.07. The highest BCUT2D eigenvalue weighted by Gasteiger charge is 1.89. The van der Waals surface area contributed by atoms with Gasteiger partial charge in [0.05, 0.1) is 0 Å². The monoisotopic (exact) mass is 123 g/mol. The van der Waals surface area contributed by atoms with E-state index in [0.29, 0.717) is 0 Å². The second-order valence-corrected chi connectivity index (χ2v) is 2.39. The molecule has 0 aliphatic rings. The van der Waals surface area contributed by atoms with Crippen LogP contribution in [-0.4, -0.2) is 9.61 Å². The van der Waals surface area contributed by atoms with Gasteiger partial charge >= 0.3 is 0 Å². The van der Waals surface area contributed by atoms with Crippen molar-refractivity contribution in [3.63, 3.8) is 0 Å². The molecule has 0 bridgehead atoms. The number of thiazole rings is 1. The lowest BCUT2D eigenvalue weighted by atomic mass is 10.8. The summed E-state index contributed by atoms with van der Waals surface area (Å²) in [6, 6.07) is 1.87. The van der Waals surface area contributed by atoms with Gasteiger partial charge in [-0.2, -0.15) is 5.10 Å². The average Bonchev–Trinajstić information content (AvgIpc) is 2.15. The van der Waals surface area contributed by atoms with Crippen molar-refractivity contribution < 1.29 is 0 Å². The summed E-state index contributed by atoms with van der Waals surface area (Å²) in [6.45, 7) is 0. The number of fused-ring (bicyclic) bond motifs is 1. The zero-order chi connectivity index (χ0) is 5.40. The molecule has 0 aliphatic heterocycles. The second-order valence-electron chi connectivity index (χ2n) is 1.46. The third-order valence-electron chi connectivity index (χ3n) is 0.970. The maximum Gasteiger partial charge on any atom is 0.119 e. The van der Waals surface area contributed by atoms with Crippen molar-refractivity contribution >= 4 is 16.2 Å². The Kier molecular flexibility index (Phi) is 0.676. The van der Waals surface area contributed by atoms with Gasteiger partial charge in [0.25, 0.3) is 0 Å². The van der Waals surface area contributed by atoms with Crippen molar-refractivity contribution in [2.24, 2.45) is 0 Å². The van der Waals surface area contributed by atoms with Crippen LogP contribution in [0.1, 0.15) is 0 Å². The van der Waals surface area contributed by atoms with Crippen molar-refractivity contribution in [3.8, 4) is 0 Å². The number of nitrogens with zero attached hydrogens (tertiary/aromatic N) is 2. The van der Waals surface area contributed by atoms with E-state index in [9.17, 15) is 0 Å². The van der Waals surface area contributed by atoms with Gasteiger partial charge in [-0.1, -0.05) is 0 Å². The predicted octanol–water partition coefficient (Wildman–Crippen LogP) is 1.20. The van der Waals surface area contributed by atoms with Crippen LogP contribution in [0.5, 0.6) is 0 Å². The van der Waals surface area contributed by atoms with E-state index in [1.807, 2.05) is 17.6 Å². The first-order valence-corrected chi connectivity index (χ1v) is 3.14. The quantitative estimate of drug-likeness (QED) is 0.514. The fourth-order valence-electron chi connectivity index (χ4n) is 0.614. The summed E-state index contributed by atoms with van der Waals surface area (Å²) in [5, 5.41) is 5.88. The van der Waals surface area contributed by atoms with Gasteiger partial charge in [-0.05, 0) is 0 Å². The van der Waals surface area contributed by atoms with Crippen LogP contribution in [0.25, 0.3) is 4.83 Å². The molecule has 0 fully saturated rings. The number of rotatable bonds is 0. The lowest BCUT2D eigenvalue weighted by Crippen LogP contribution is -1.74. The zero-order valence-corrected chi connectivity index (χ0v) is 4.85. The van der Waals surface area contributed by atoms with Gasteiger partial charge in [-0.25, -0.2) is 4.52 Å². The molecular formula is C5H3N2S. The largest absolute Gasteiger partial charge is 0.229 e. The van der Waals surface area contributed by atoms with Crippen LogP contribution in [0.2, 0.25) is 0 Å². The number of aromatic nitrogens is 2. The standard InChI is InChI=1S/C5H3N2S/c1-2-6-7-3-4-8-5(1)7/h1,3-4H. The Morgan fingerprint density at radius 2 is 2.75 bits per heavy atom. The molecule has 0 atom stereocenters. The molecule has 0 aliphatic carbocycles. The smallest absolute Gasteiger partial charge is 0.119 e. The fourth-order valence-corrected chi connectivity index (χ4v) is 1.26. The van der Waals surface area contributed by atoms with E-state index in [1.54, 1.807) is 15.9 Å². The third-order valence-corrected chi connectivity index (χ3v) is 1.77. The lowest BCUT2D eigenvalue weighted by Gasteiger charge is -1.71. The van der Waals surface area contributed by atoms with Gasteiger partial charge in [0.15, 0.2) is 0 Å².